The Kier molecular flexibility index (Phi) is 4.26. The first-order valence-electron chi connectivity index (χ1n) is 7.80. The molecule has 0 saturated heterocycles. The summed E-state index contributed by atoms with van der Waals surface area (Å²) in [6.45, 7) is 3.17. The molecular weight excluding hydrogens is 288 g/mol. The van der Waals surface area contributed by atoms with Gasteiger partial charge in [0.15, 0.2) is 0 Å². The van der Waals surface area contributed by atoms with Crippen LogP contribution in [0.1, 0.15) is 39.2 Å². The molecule has 0 spiro atoms. The lowest BCUT2D eigenvalue weighted by Gasteiger charge is -2.26. The van der Waals surface area contributed by atoms with Crippen LogP contribution in [-0.4, -0.2) is 41.8 Å². The van der Waals surface area contributed by atoms with Gasteiger partial charge in [0.05, 0.1) is 11.1 Å². The molecule has 0 N–H and O–H groups in total. The first kappa shape index (κ1) is 15.4. The third kappa shape index (κ3) is 2.90. The van der Waals surface area contributed by atoms with E-state index in [0.717, 1.165) is 0 Å². The molecule has 0 fully saturated rings. The van der Waals surface area contributed by atoms with E-state index >= 15 is 0 Å². The summed E-state index contributed by atoms with van der Waals surface area (Å²) in [6.07, 6.45) is 0. The van der Waals surface area contributed by atoms with Gasteiger partial charge < -0.3 is 0 Å². The maximum atomic E-state index is 12.3. The van der Waals surface area contributed by atoms with E-state index in [1.165, 1.54) is 10.5 Å². The van der Waals surface area contributed by atoms with Crippen LogP contribution >= 0.6 is 0 Å². The van der Waals surface area contributed by atoms with Gasteiger partial charge in [0.25, 0.3) is 11.8 Å². The van der Waals surface area contributed by atoms with Crippen molar-refractivity contribution in [3.05, 3.63) is 71.3 Å². The Bertz CT molecular complexity index is 692. The molecule has 0 saturated carbocycles. The number of fused-ring (bicyclic) bond motifs is 1. The molecule has 1 heterocycles. The Morgan fingerprint density at radius 1 is 0.913 bits per heavy atom. The van der Waals surface area contributed by atoms with Gasteiger partial charge in [-0.2, -0.15) is 0 Å². The van der Waals surface area contributed by atoms with Crippen LogP contribution in [0, 0.1) is 0 Å². The summed E-state index contributed by atoms with van der Waals surface area (Å²) in [7, 11) is 2.01. The molecular formula is C19H20N2O2. The molecule has 4 nitrogen and oxygen atoms in total. The number of rotatable bonds is 5. The Labute approximate surface area is 136 Å². The van der Waals surface area contributed by atoms with Crippen LogP contribution in [0.5, 0.6) is 0 Å². The minimum absolute atomic E-state index is 0.189. The van der Waals surface area contributed by atoms with Crippen molar-refractivity contribution in [3.8, 4) is 0 Å². The third-order valence-corrected chi connectivity index (χ3v) is 4.50. The average Bonchev–Trinajstić information content (AvgIpc) is 2.84. The van der Waals surface area contributed by atoms with E-state index in [-0.39, 0.29) is 17.9 Å². The lowest BCUT2D eigenvalue weighted by atomic mass is 10.1. The second kappa shape index (κ2) is 6.34. The normalized spacial score (nSPS) is 15.2. The van der Waals surface area contributed by atoms with Crippen molar-refractivity contribution in [2.75, 3.05) is 20.1 Å². The fraction of sp³-hybridized carbons (Fsp3) is 0.263. The summed E-state index contributed by atoms with van der Waals surface area (Å²) < 4.78 is 0. The van der Waals surface area contributed by atoms with Crippen molar-refractivity contribution in [1.82, 2.24) is 9.80 Å². The van der Waals surface area contributed by atoms with E-state index in [0.29, 0.717) is 24.2 Å². The fourth-order valence-corrected chi connectivity index (χ4v) is 2.88. The maximum Gasteiger partial charge on any atom is 0.261 e. The van der Waals surface area contributed by atoms with Crippen LogP contribution in [0.4, 0.5) is 0 Å². The second-order valence-electron chi connectivity index (χ2n) is 5.87. The van der Waals surface area contributed by atoms with Crippen molar-refractivity contribution in [2.45, 2.75) is 13.0 Å². The van der Waals surface area contributed by atoms with E-state index in [1.807, 2.05) is 25.2 Å². The Balaban J connectivity index is 1.65. The number of benzene rings is 2. The molecule has 1 atom stereocenters. The van der Waals surface area contributed by atoms with Crippen molar-refractivity contribution in [3.63, 3.8) is 0 Å². The van der Waals surface area contributed by atoms with E-state index in [4.69, 9.17) is 0 Å². The van der Waals surface area contributed by atoms with Gasteiger partial charge in [-0.05, 0) is 31.7 Å². The highest BCUT2D eigenvalue weighted by Gasteiger charge is 2.34. The van der Waals surface area contributed by atoms with Crippen molar-refractivity contribution < 1.29 is 9.59 Å². The summed E-state index contributed by atoms with van der Waals surface area (Å²) >= 11 is 0. The van der Waals surface area contributed by atoms with Crippen LogP contribution in [0.3, 0.4) is 0 Å². The smallest absolute Gasteiger partial charge is 0.261 e. The molecule has 2 aromatic carbocycles. The lowest BCUT2D eigenvalue weighted by Crippen LogP contribution is -2.37. The zero-order valence-electron chi connectivity index (χ0n) is 13.4. The number of amides is 2. The lowest BCUT2D eigenvalue weighted by molar-refractivity contribution is 0.0634. The van der Waals surface area contributed by atoms with Gasteiger partial charge in [-0.3, -0.25) is 19.4 Å². The van der Waals surface area contributed by atoms with Gasteiger partial charge in [-0.1, -0.05) is 42.5 Å². The highest BCUT2D eigenvalue weighted by molar-refractivity contribution is 6.21. The van der Waals surface area contributed by atoms with Crippen LogP contribution in [0.25, 0.3) is 0 Å². The topological polar surface area (TPSA) is 40.6 Å². The highest BCUT2D eigenvalue weighted by atomic mass is 16.2. The van der Waals surface area contributed by atoms with Gasteiger partial charge in [0.1, 0.15) is 0 Å². The highest BCUT2D eigenvalue weighted by Crippen LogP contribution is 2.23. The van der Waals surface area contributed by atoms with E-state index in [9.17, 15) is 9.59 Å². The third-order valence-electron chi connectivity index (χ3n) is 4.50. The molecule has 1 unspecified atom stereocenters. The molecule has 0 aromatic heterocycles. The average molecular weight is 308 g/mol. The molecule has 4 heteroatoms. The molecule has 2 amide bonds. The predicted molar refractivity (Wildman–Crippen MR) is 89.3 cm³/mol. The summed E-state index contributed by atoms with van der Waals surface area (Å²) in [5, 5.41) is 0. The largest absolute Gasteiger partial charge is 0.298 e. The van der Waals surface area contributed by atoms with Crippen LogP contribution in [-0.2, 0) is 0 Å². The number of hydrogen-bond donors (Lipinski definition) is 0. The molecule has 0 bridgehead atoms. The number of carbonyl (C=O) groups is 2. The number of likely N-dealkylation sites (N-methyl/N-ethyl adjacent to an activating group) is 1. The summed E-state index contributed by atoms with van der Waals surface area (Å²) in [4.78, 5) is 28.2. The summed E-state index contributed by atoms with van der Waals surface area (Å²) in [6, 6.07) is 17.4. The van der Waals surface area contributed by atoms with Crippen molar-refractivity contribution in [1.29, 1.82) is 0 Å². The van der Waals surface area contributed by atoms with Crippen molar-refractivity contribution >= 4 is 11.8 Å². The van der Waals surface area contributed by atoms with Crippen LogP contribution in [0.2, 0.25) is 0 Å². The number of carbonyl (C=O) groups excluding carboxylic acids is 2. The number of hydrogen-bond acceptors (Lipinski definition) is 3. The molecule has 118 valence electrons. The zero-order chi connectivity index (χ0) is 16.4. The zero-order valence-corrected chi connectivity index (χ0v) is 13.4. The molecule has 1 aliphatic rings. The fourth-order valence-electron chi connectivity index (χ4n) is 2.88. The summed E-state index contributed by atoms with van der Waals surface area (Å²) in [5.74, 6) is -0.377. The maximum absolute atomic E-state index is 12.3. The molecule has 0 aliphatic carbocycles. The monoisotopic (exact) mass is 308 g/mol. The molecule has 1 aliphatic heterocycles. The molecule has 23 heavy (non-hydrogen) atoms. The van der Waals surface area contributed by atoms with Gasteiger partial charge in [-0.15, -0.1) is 0 Å². The van der Waals surface area contributed by atoms with Gasteiger partial charge in [0, 0.05) is 19.1 Å². The van der Waals surface area contributed by atoms with E-state index in [1.54, 1.807) is 24.3 Å². The Hall–Kier alpha value is -2.46. The SMILES string of the molecule is CC(c1ccccc1)N(C)CCN1C(=O)c2ccccc2C1=O. The van der Waals surface area contributed by atoms with E-state index < -0.39 is 0 Å². The van der Waals surface area contributed by atoms with Gasteiger partial charge >= 0.3 is 0 Å². The minimum atomic E-state index is -0.189. The first-order valence-corrected chi connectivity index (χ1v) is 7.80. The van der Waals surface area contributed by atoms with Crippen LogP contribution < -0.4 is 0 Å². The molecule has 0 radical (unpaired) electrons. The number of nitrogens with zero attached hydrogens (tertiary/aromatic N) is 2. The quantitative estimate of drug-likeness (QED) is 0.797. The standard InChI is InChI=1S/C19H20N2O2/c1-14(15-8-4-3-5-9-15)20(2)12-13-21-18(22)16-10-6-7-11-17(16)19(21)23/h3-11,14H,12-13H2,1-2H3. The Morgan fingerprint density at radius 3 is 2.00 bits per heavy atom. The summed E-state index contributed by atoms with van der Waals surface area (Å²) in [5.41, 5.74) is 2.24. The van der Waals surface area contributed by atoms with Gasteiger partial charge in [0.2, 0.25) is 0 Å². The van der Waals surface area contributed by atoms with Crippen molar-refractivity contribution in [2.24, 2.45) is 0 Å². The van der Waals surface area contributed by atoms with Gasteiger partial charge in [-0.25, -0.2) is 0 Å². The second-order valence-corrected chi connectivity index (χ2v) is 5.87. The molecule has 3 rings (SSSR count). The van der Waals surface area contributed by atoms with Crippen LogP contribution in [0.15, 0.2) is 54.6 Å². The minimum Gasteiger partial charge on any atom is -0.298 e. The molecule has 2 aromatic rings. The first-order chi connectivity index (χ1) is 11.1. The predicted octanol–water partition coefficient (Wildman–Crippen LogP) is 2.98. The number of imide groups is 1. The van der Waals surface area contributed by atoms with E-state index in [2.05, 4.69) is 24.0 Å². The Morgan fingerprint density at radius 2 is 1.43 bits per heavy atom.